The van der Waals surface area contributed by atoms with E-state index in [1.54, 1.807) is 54.5 Å². The Bertz CT molecular complexity index is 1440. The third-order valence-corrected chi connectivity index (χ3v) is 5.84. The fourth-order valence-corrected chi connectivity index (χ4v) is 3.65. The summed E-state index contributed by atoms with van der Waals surface area (Å²) < 4.78 is 6.37. The van der Waals surface area contributed by atoms with Gasteiger partial charge in [-0.2, -0.15) is 0 Å². The Kier molecular flexibility index (Phi) is 29.5. The molecule has 0 unspecified atom stereocenters. The zero-order valence-corrected chi connectivity index (χ0v) is 30.8. The molecule has 48 heavy (non-hydrogen) atoms. The van der Waals surface area contributed by atoms with Crippen molar-refractivity contribution in [2.45, 2.75) is 27.2 Å². The molecule has 256 valence electrons. The standard InChI is InChI=1S/C12H19N4O.C11H12N2O.C6H5NO.CH3NO.CH4O2.CH2O.Na/c1-5-6-15(4)12(17)10-8-16(14-3)11(7-13)9(10)2;1-8-3-4-9(7-11(8)12-2)10-5-6-14-13-10;8-5-6-2-1-3-7-4-6;2-1-3;1-3-2;1-2;/h7-8,13H,5-6H2,1-4H3;3-7,12H,1-2H3;1-5H;1H,(H2,2,3);2H,1H3;1H2;/q-1;;;;;;+1. The van der Waals surface area contributed by atoms with Gasteiger partial charge in [0.25, 0.3) is 5.91 Å². The number of aromatic nitrogens is 3. The average molecular weight is 677 g/mol. The second-order valence-corrected chi connectivity index (χ2v) is 8.86. The molecule has 5 N–H and O–H groups in total. The van der Waals surface area contributed by atoms with Crippen molar-refractivity contribution in [3.05, 3.63) is 94.6 Å². The summed E-state index contributed by atoms with van der Waals surface area (Å²) in [6.07, 6.45) is 9.59. The molecule has 0 aliphatic rings. The van der Waals surface area contributed by atoms with E-state index in [2.05, 4.69) is 50.6 Å². The van der Waals surface area contributed by atoms with Gasteiger partial charge in [-0.25, -0.2) is 4.89 Å². The van der Waals surface area contributed by atoms with Crippen LogP contribution in [0.15, 0.2) is 65.8 Å². The van der Waals surface area contributed by atoms with Crippen LogP contribution >= 0.6 is 0 Å². The Balaban J connectivity index is -0.000000585. The maximum absolute atomic E-state index is 12.1. The predicted octanol–water partition coefficient (Wildman–Crippen LogP) is 1.66. The molecule has 2 amide bonds. The van der Waals surface area contributed by atoms with E-state index in [0.29, 0.717) is 16.8 Å². The van der Waals surface area contributed by atoms with Crippen molar-refractivity contribution < 1.29 is 63.4 Å². The molecule has 4 aromatic rings. The van der Waals surface area contributed by atoms with E-state index in [-0.39, 0.29) is 41.9 Å². The summed E-state index contributed by atoms with van der Waals surface area (Å²) in [5, 5.41) is 21.4. The minimum atomic E-state index is -0.0187. The molecule has 15 nitrogen and oxygen atoms in total. The van der Waals surface area contributed by atoms with Gasteiger partial charge in [-0.15, -0.1) is 7.05 Å². The molecule has 0 aliphatic heterocycles. The largest absolute Gasteiger partial charge is 1.00 e. The van der Waals surface area contributed by atoms with Gasteiger partial charge >= 0.3 is 29.6 Å². The number of primary amides is 1. The second kappa shape index (κ2) is 29.7. The van der Waals surface area contributed by atoms with Crippen LogP contribution in [0.1, 0.15) is 50.9 Å². The fourth-order valence-electron chi connectivity index (χ4n) is 3.65. The molecule has 0 spiro atoms. The monoisotopic (exact) mass is 676 g/mol. The smallest absolute Gasteiger partial charge is 0.619 e. The van der Waals surface area contributed by atoms with Crippen molar-refractivity contribution in [2.75, 3.05) is 40.1 Å². The van der Waals surface area contributed by atoms with Crippen LogP contribution in [0.4, 0.5) is 5.69 Å². The Morgan fingerprint density at radius 3 is 2.27 bits per heavy atom. The molecule has 3 aromatic heterocycles. The van der Waals surface area contributed by atoms with E-state index in [9.17, 15) is 9.59 Å². The normalized spacial score (nSPS) is 8.67. The van der Waals surface area contributed by atoms with Crippen LogP contribution in [0.2, 0.25) is 0 Å². The number of pyridine rings is 1. The molecule has 0 aliphatic carbocycles. The molecule has 1 aromatic carbocycles. The summed E-state index contributed by atoms with van der Waals surface area (Å²) in [5.41, 5.74) is 15.1. The van der Waals surface area contributed by atoms with Gasteiger partial charge in [0.15, 0.2) is 6.29 Å². The molecular weight excluding hydrogens is 631 g/mol. The number of carbonyl (C=O) groups excluding carboxylic acids is 4. The Labute approximate surface area is 303 Å². The Hall–Kier alpha value is -4.67. The summed E-state index contributed by atoms with van der Waals surface area (Å²) in [6, 6.07) is 11.4. The van der Waals surface area contributed by atoms with Crippen LogP contribution in [0.25, 0.3) is 16.7 Å². The minimum Gasteiger partial charge on any atom is -0.619 e. The number of benzene rings is 1. The van der Waals surface area contributed by atoms with Gasteiger partial charge in [-0.3, -0.25) is 24.6 Å². The topological polar surface area (TPSA) is 221 Å². The molecule has 0 radical (unpaired) electrons. The first-order chi connectivity index (χ1) is 22.6. The van der Waals surface area contributed by atoms with Crippen molar-refractivity contribution in [3.8, 4) is 11.3 Å². The fraction of sp³-hybridized carbons (Fsp3) is 0.281. The van der Waals surface area contributed by atoms with E-state index in [1.165, 1.54) is 25.1 Å². The van der Waals surface area contributed by atoms with Gasteiger partial charge in [-0.05, 0) is 49.6 Å². The number of hydrogen-bond acceptors (Lipinski definition) is 11. The maximum atomic E-state index is 12.1. The number of nitrogens with two attached hydrogens (primary N) is 1. The second-order valence-electron chi connectivity index (χ2n) is 8.86. The SMILES string of the molecule is C=O.CCCN(C)C(=O)c1cn([N-]C)c(C=N)c1C.CNc1cc(-c2ccon2)ccc1C.COO.NC=O.O=Cc1cccnc1.[Na+]. The number of hydrogen-bond donors (Lipinski definition) is 4. The summed E-state index contributed by atoms with van der Waals surface area (Å²) in [6.45, 7) is 8.67. The number of rotatable bonds is 8. The average Bonchev–Trinajstić information content (AvgIpc) is 3.75. The van der Waals surface area contributed by atoms with Gasteiger partial charge in [0.1, 0.15) is 18.7 Å². The van der Waals surface area contributed by atoms with Crippen LogP contribution in [0.3, 0.4) is 0 Å². The number of carbonyl (C=O) groups is 4. The van der Waals surface area contributed by atoms with Crippen molar-refractivity contribution >= 4 is 37.3 Å². The van der Waals surface area contributed by atoms with Crippen LogP contribution < -0.4 is 40.6 Å². The first-order valence-corrected chi connectivity index (χ1v) is 13.9. The van der Waals surface area contributed by atoms with E-state index < -0.39 is 0 Å². The molecule has 0 saturated heterocycles. The first kappa shape index (κ1) is 47.7. The zero-order valence-electron chi connectivity index (χ0n) is 28.8. The van der Waals surface area contributed by atoms with E-state index in [4.69, 9.17) is 24.8 Å². The van der Waals surface area contributed by atoms with Gasteiger partial charge in [0.2, 0.25) is 6.41 Å². The quantitative estimate of drug-likeness (QED) is 0.0695. The molecule has 4 rings (SSSR count). The van der Waals surface area contributed by atoms with E-state index in [0.717, 1.165) is 41.8 Å². The van der Waals surface area contributed by atoms with Gasteiger partial charge in [0.05, 0.1) is 12.7 Å². The Morgan fingerprint density at radius 2 is 1.88 bits per heavy atom. The first-order valence-electron chi connectivity index (χ1n) is 13.9. The number of nitrogens with one attached hydrogen (secondary N) is 2. The number of nitrogens with zero attached hydrogens (tertiary/aromatic N) is 5. The third kappa shape index (κ3) is 17.3. The Morgan fingerprint density at radius 1 is 1.25 bits per heavy atom. The molecule has 0 bridgehead atoms. The van der Waals surface area contributed by atoms with E-state index >= 15 is 0 Å². The number of amides is 2. The number of aryl methyl sites for hydroxylation is 1. The number of aldehydes is 1. The summed E-state index contributed by atoms with van der Waals surface area (Å²) >= 11 is 0. The van der Waals surface area contributed by atoms with Gasteiger partial charge in [-0.1, -0.05) is 24.2 Å². The third-order valence-electron chi connectivity index (χ3n) is 5.84. The van der Waals surface area contributed by atoms with Crippen LogP contribution in [0.5, 0.6) is 0 Å². The van der Waals surface area contributed by atoms with E-state index in [1.807, 2.05) is 39.8 Å². The molecule has 16 heteroatoms. The van der Waals surface area contributed by atoms with Crippen molar-refractivity contribution in [3.63, 3.8) is 0 Å². The van der Waals surface area contributed by atoms with Gasteiger partial charge in [0, 0.05) is 74.0 Å². The van der Waals surface area contributed by atoms with Crippen LogP contribution in [-0.4, -0.2) is 91.4 Å². The predicted molar refractivity (Wildman–Crippen MR) is 182 cm³/mol. The van der Waals surface area contributed by atoms with Crippen LogP contribution in [0, 0.1) is 19.3 Å². The summed E-state index contributed by atoms with van der Waals surface area (Å²) in [5.74, 6) is -0.0187. The van der Waals surface area contributed by atoms with Crippen molar-refractivity contribution in [1.29, 1.82) is 5.41 Å². The minimum absolute atomic E-state index is 0. The maximum Gasteiger partial charge on any atom is 1.00 e. The van der Waals surface area contributed by atoms with Crippen molar-refractivity contribution in [2.24, 2.45) is 5.73 Å². The van der Waals surface area contributed by atoms with Gasteiger partial charge < -0.3 is 40.8 Å². The van der Waals surface area contributed by atoms with Crippen LogP contribution in [-0.2, 0) is 14.5 Å². The molecule has 3 heterocycles. The van der Waals surface area contributed by atoms with Crippen molar-refractivity contribution in [1.82, 2.24) is 19.7 Å². The summed E-state index contributed by atoms with van der Waals surface area (Å²) in [7, 11) is 6.52. The number of anilines is 1. The molecule has 0 saturated carbocycles. The summed E-state index contributed by atoms with van der Waals surface area (Å²) in [4.78, 5) is 47.4. The molecule has 0 fully saturated rings. The molecular formula is C32H45N8NaO7. The molecule has 0 atom stereocenters. The zero-order chi connectivity index (χ0) is 36.2.